The Bertz CT molecular complexity index is 1070. The summed E-state index contributed by atoms with van der Waals surface area (Å²) in [6.45, 7) is 0.0440. The molecule has 0 atom stereocenters. The average molecular weight is 543 g/mol. The molecular weight excluding hydrogens is 510 g/mol. The van der Waals surface area contributed by atoms with Gasteiger partial charge in [0.1, 0.15) is 5.75 Å². The fraction of sp³-hybridized carbons (Fsp3) is 0.517. The molecule has 0 bridgehead atoms. The Kier molecular flexibility index (Phi) is 8.96. The second-order valence-electron chi connectivity index (χ2n) is 10.3. The molecule has 0 spiro atoms. The van der Waals surface area contributed by atoms with E-state index in [1.54, 1.807) is 0 Å². The van der Waals surface area contributed by atoms with Crippen LogP contribution in [-0.4, -0.2) is 17.6 Å². The number of ether oxygens (including phenoxy) is 2. The third kappa shape index (κ3) is 7.68. The van der Waals surface area contributed by atoms with Crippen molar-refractivity contribution in [3.05, 3.63) is 71.6 Å². The van der Waals surface area contributed by atoms with E-state index in [0.29, 0.717) is 36.8 Å². The molecule has 2 saturated carbocycles. The lowest BCUT2D eigenvalue weighted by Gasteiger charge is -2.32. The van der Waals surface area contributed by atoms with Gasteiger partial charge in [0, 0.05) is 6.07 Å². The van der Waals surface area contributed by atoms with Crippen molar-refractivity contribution >= 4 is 0 Å². The van der Waals surface area contributed by atoms with Crippen molar-refractivity contribution in [3.63, 3.8) is 0 Å². The zero-order chi connectivity index (χ0) is 27.3. The van der Waals surface area contributed by atoms with E-state index in [2.05, 4.69) is 29.0 Å². The van der Waals surface area contributed by atoms with Crippen LogP contribution in [0.4, 0.5) is 26.3 Å². The van der Waals surface area contributed by atoms with Crippen LogP contribution in [0.1, 0.15) is 68.4 Å². The number of halogens is 6. The van der Waals surface area contributed by atoms with Crippen LogP contribution in [0, 0.1) is 23.6 Å². The molecule has 1 N–H and O–H groups in total. The lowest BCUT2D eigenvalue weighted by atomic mass is 9.77. The van der Waals surface area contributed by atoms with Crippen molar-refractivity contribution in [1.82, 2.24) is 0 Å². The van der Waals surface area contributed by atoms with Gasteiger partial charge in [-0.05, 0) is 92.4 Å². The number of aliphatic hydroxyl groups is 1. The molecular formula is C29H32F6O3. The lowest BCUT2D eigenvalue weighted by molar-refractivity contribution is -0.275. The second kappa shape index (κ2) is 12.0. The van der Waals surface area contributed by atoms with Gasteiger partial charge in [0.2, 0.25) is 0 Å². The predicted octanol–water partition coefficient (Wildman–Crippen LogP) is 8.52. The van der Waals surface area contributed by atoms with Gasteiger partial charge in [0.15, 0.2) is 11.6 Å². The van der Waals surface area contributed by atoms with Crippen molar-refractivity contribution in [2.75, 3.05) is 0 Å². The molecule has 0 saturated heterocycles. The highest BCUT2D eigenvalue weighted by atomic mass is 19.4. The average Bonchev–Trinajstić information content (AvgIpc) is 2.89. The van der Waals surface area contributed by atoms with E-state index in [1.807, 2.05) is 12.1 Å². The molecule has 208 valence electrons. The minimum atomic E-state index is -5.09. The maximum Gasteiger partial charge on any atom is 0.573 e. The van der Waals surface area contributed by atoms with Crippen LogP contribution in [0.5, 0.6) is 11.5 Å². The van der Waals surface area contributed by atoms with Crippen LogP contribution in [-0.2, 0) is 6.61 Å². The molecule has 2 fully saturated rings. The van der Waals surface area contributed by atoms with Gasteiger partial charge in [-0.3, -0.25) is 0 Å². The fourth-order valence-corrected chi connectivity index (χ4v) is 5.50. The maximum absolute atomic E-state index is 14.7. The van der Waals surface area contributed by atoms with Gasteiger partial charge in [-0.1, -0.05) is 36.4 Å². The van der Waals surface area contributed by atoms with E-state index in [-0.39, 0.29) is 25.4 Å². The van der Waals surface area contributed by atoms with E-state index >= 15 is 0 Å². The molecule has 0 aromatic heterocycles. The highest BCUT2D eigenvalue weighted by Gasteiger charge is 2.44. The van der Waals surface area contributed by atoms with Crippen molar-refractivity contribution in [2.24, 2.45) is 17.8 Å². The van der Waals surface area contributed by atoms with Gasteiger partial charge < -0.3 is 14.6 Å². The number of alkyl halides is 5. The van der Waals surface area contributed by atoms with Crippen molar-refractivity contribution in [3.8, 4) is 11.5 Å². The quantitative estimate of drug-likeness (QED) is 0.268. The zero-order valence-corrected chi connectivity index (χ0v) is 20.9. The van der Waals surface area contributed by atoms with Crippen molar-refractivity contribution in [2.45, 2.75) is 76.4 Å². The van der Waals surface area contributed by atoms with Gasteiger partial charge in [-0.15, -0.1) is 13.2 Å². The van der Waals surface area contributed by atoms with Gasteiger partial charge in [0.05, 0.1) is 12.5 Å². The second-order valence-corrected chi connectivity index (χ2v) is 10.3. The molecule has 0 aliphatic heterocycles. The van der Waals surface area contributed by atoms with E-state index in [9.17, 15) is 31.4 Å². The summed E-state index contributed by atoms with van der Waals surface area (Å²) < 4.78 is 88.4. The Balaban J connectivity index is 1.22. The molecule has 2 aliphatic carbocycles. The van der Waals surface area contributed by atoms with Crippen LogP contribution < -0.4 is 9.47 Å². The fourth-order valence-electron chi connectivity index (χ4n) is 5.50. The highest BCUT2D eigenvalue weighted by molar-refractivity contribution is 5.33. The third-order valence-corrected chi connectivity index (χ3v) is 7.69. The number of benzene rings is 2. The smallest absolute Gasteiger partial charge is 0.432 e. The molecule has 4 rings (SSSR count). The monoisotopic (exact) mass is 542 g/mol. The number of allylic oxidation sites excluding steroid dienone is 2. The summed E-state index contributed by atoms with van der Waals surface area (Å²) in [6, 6.07) is 10.1. The Hall–Kier alpha value is -2.68. The molecule has 9 heteroatoms. The molecule has 0 unspecified atom stereocenters. The summed E-state index contributed by atoms with van der Waals surface area (Å²) in [5.74, 6) is -2.94. The van der Waals surface area contributed by atoms with Crippen LogP contribution in [0.25, 0.3) is 0 Å². The van der Waals surface area contributed by atoms with Crippen LogP contribution in [0.3, 0.4) is 0 Å². The van der Waals surface area contributed by atoms with Gasteiger partial charge in [-0.2, -0.15) is 8.78 Å². The highest BCUT2D eigenvalue weighted by Crippen LogP contribution is 2.42. The standard InChI is InChI=1S/C29H32F6O3/c30-26-17-25(15-16-27(26)38-29(33,34)35)37-28(31,32)24-13-7-20(8-14-24)2-1-19-3-9-22(10-4-19)23-11-5-21(18-36)6-12-23/h1-2,5-6,11-12,15-17,19-20,22,24,36H,3-4,7-10,13-14,18H2/b2-1+. The molecule has 3 nitrogen and oxygen atoms in total. The number of aliphatic hydroxyl groups excluding tert-OH is 1. The molecule has 38 heavy (non-hydrogen) atoms. The molecule has 0 heterocycles. The Morgan fingerprint density at radius 2 is 1.34 bits per heavy atom. The summed E-state index contributed by atoms with van der Waals surface area (Å²) in [7, 11) is 0. The maximum atomic E-state index is 14.7. The molecule has 0 radical (unpaired) electrons. The summed E-state index contributed by atoms with van der Waals surface area (Å²) >= 11 is 0. The lowest BCUT2D eigenvalue weighted by Crippen LogP contribution is -2.37. The van der Waals surface area contributed by atoms with E-state index in [0.717, 1.165) is 37.3 Å². The largest absolute Gasteiger partial charge is 0.573 e. The normalized spacial score (nSPS) is 24.9. The van der Waals surface area contributed by atoms with Gasteiger partial charge in [-0.25, -0.2) is 4.39 Å². The van der Waals surface area contributed by atoms with Crippen molar-refractivity contribution < 1.29 is 40.9 Å². The number of rotatable bonds is 8. The molecule has 0 amide bonds. The Morgan fingerprint density at radius 1 is 0.763 bits per heavy atom. The van der Waals surface area contributed by atoms with Gasteiger partial charge in [0.25, 0.3) is 0 Å². The molecule has 2 aromatic rings. The number of hydrogen-bond acceptors (Lipinski definition) is 3. The first kappa shape index (κ1) is 28.3. The topological polar surface area (TPSA) is 38.7 Å². The summed E-state index contributed by atoms with van der Waals surface area (Å²) in [5.41, 5.74) is 2.21. The van der Waals surface area contributed by atoms with Crippen molar-refractivity contribution in [1.29, 1.82) is 0 Å². The minimum absolute atomic E-state index is 0.0440. The van der Waals surface area contributed by atoms with Crippen LogP contribution >= 0.6 is 0 Å². The first-order valence-corrected chi connectivity index (χ1v) is 13.0. The zero-order valence-electron chi connectivity index (χ0n) is 20.9. The summed E-state index contributed by atoms with van der Waals surface area (Å²) in [4.78, 5) is 0. The van der Waals surface area contributed by atoms with E-state index in [4.69, 9.17) is 4.74 Å². The SMILES string of the molecule is OCc1ccc(C2CCC(/C=C/C3CCC(C(F)(F)Oc4ccc(OC(F)(F)F)c(F)c4)CC3)CC2)cc1. The third-order valence-electron chi connectivity index (χ3n) is 7.69. The van der Waals surface area contributed by atoms with Gasteiger partial charge >= 0.3 is 12.5 Å². The first-order valence-electron chi connectivity index (χ1n) is 13.0. The first-order chi connectivity index (χ1) is 18.0. The Labute approximate surface area is 218 Å². The van der Waals surface area contributed by atoms with E-state index in [1.165, 1.54) is 5.56 Å². The van der Waals surface area contributed by atoms with Crippen LogP contribution in [0.2, 0.25) is 0 Å². The van der Waals surface area contributed by atoms with E-state index < -0.39 is 35.7 Å². The molecule has 2 aromatic carbocycles. The number of hydrogen-bond donors (Lipinski definition) is 1. The van der Waals surface area contributed by atoms with Crippen LogP contribution in [0.15, 0.2) is 54.6 Å². The summed E-state index contributed by atoms with van der Waals surface area (Å²) in [6.07, 6.45) is 1.70. The Morgan fingerprint density at radius 3 is 1.87 bits per heavy atom. The summed E-state index contributed by atoms with van der Waals surface area (Å²) in [5, 5.41) is 9.20. The predicted molar refractivity (Wildman–Crippen MR) is 130 cm³/mol. The minimum Gasteiger partial charge on any atom is -0.432 e. The molecule has 2 aliphatic rings.